The van der Waals surface area contributed by atoms with Crippen LogP contribution in [0.1, 0.15) is 18.1 Å². The maximum atomic E-state index is 11.8. The van der Waals surface area contributed by atoms with E-state index in [1.165, 1.54) is 6.08 Å². The van der Waals surface area contributed by atoms with Gasteiger partial charge in [0.25, 0.3) is 0 Å². The number of benzene rings is 1. The molecule has 5 nitrogen and oxygen atoms in total. The van der Waals surface area contributed by atoms with Crippen LogP contribution in [0.25, 0.3) is 6.08 Å². The van der Waals surface area contributed by atoms with Crippen LogP contribution >= 0.6 is 0 Å². The Kier molecular flexibility index (Phi) is 6.17. The van der Waals surface area contributed by atoms with Gasteiger partial charge in [0.05, 0.1) is 13.7 Å². The maximum Gasteiger partial charge on any atom is 0.244 e. The molecule has 1 heterocycles. The minimum atomic E-state index is -0.165. The first-order valence-electron chi connectivity index (χ1n) is 7.38. The number of nitrogens with one attached hydrogen (secondary N) is 1. The fourth-order valence-electron chi connectivity index (χ4n) is 1.99. The molecule has 0 aliphatic heterocycles. The molecule has 0 saturated carbocycles. The van der Waals surface area contributed by atoms with Crippen LogP contribution in [0.3, 0.4) is 0 Å². The molecule has 2 aromatic rings. The largest absolute Gasteiger partial charge is 0.493 e. The number of carbonyl (C=O) groups is 1. The Hall–Kier alpha value is -2.82. The molecule has 5 heteroatoms. The third kappa shape index (κ3) is 5.14. The number of pyridine rings is 1. The summed E-state index contributed by atoms with van der Waals surface area (Å²) in [7, 11) is 1.59. The fraction of sp³-hybridized carbons (Fsp3) is 0.222. The van der Waals surface area contributed by atoms with Gasteiger partial charge in [-0.25, -0.2) is 0 Å². The highest BCUT2D eigenvalue weighted by molar-refractivity contribution is 5.91. The van der Waals surface area contributed by atoms with Gasteiger partial charge in [-0.1, -0.05) is 12.1 Å². The van der Waals surface area contributed by atoms with E-state index in [9.17, 15) is 4.79 Å². The summed E-state index contributed by atoms with van der Waals surface area (Å²) in [6.45, 7) is 2.91. The molecule has 0 aliphatic rings. The van der Waals surface area contributed by atoms with E-state index in [0.717, 1.165) is 11.1 Å². The van der Waals surface area contributed by atoms with Crippen molar-refractivity contribution < 1.29 is 14.3 Å². The SMILES string of the molecule is CCOc1ccc(CNC(=O)/C=C/c2cccnc2)cc1OC. The quantitative estimate of drug-likeness (QED) is 0.799. The predicted octanol–water partition coefficient (Wildman–Crippen LogP) is 2.82. The number of aromatic nitrogens is 1. The van der Waals surface area contributed by atoms with Crippen LogP contribution in [0, 0.1) is 0 Å². The number of ether oxygens (including phenoxy) is 2. The molecule has 0 spiro atoms. The highest BCUT2D eigenvalue weighted by Crippen LogP contribution is 2.27. The summed E-state index contributed by atoms with van der Waals surface area (Å²) in [6.07, 6.45) is 6.60. The van der Waals surface area contributed by atoms with E-state index in [2.05, 4.69) is 10.3 Å². The molecule has 1 aromatic heterocycles. The first-order chi connectivity index (χ1) is 11.2. The van der Waals surface area contributed by atoms with E-state index in [1.54, 1.807) is 25.6 Å². The summed E-state index contributed by atoms with van der Waals surface area (Å²) in [6, 6.07) is 9.31. The van der Waals surface area contributed by atoms with Gasteiger partial charge < -0.3 is 14.8 Å². The van der Waals surface area contributed by atoms with Crippen molar-refractivity contribution in [1.82, 2.24) is 10.3 Å². The second-order valence-corrected chi connectivity index (χ2v) is 4.76. The molecule has 120 valence electrons. The highest BCUT2D eigenvalue weighted by atomic mass is 16.5. The zero-order chi connectivity index (χ0) is 16.5. The van der Waals surface area contributed by atoms with Crippen molar-refractivity contribution in [3.63, 3.8) is 0 Å². The van der Waals surface area contributed by atoms with Crippen LogP contribution in [0.15, 0.2) is 48.8 Å². The molecular weight excluding hydrogens is 292 g/mol. The summed E-state index contributed by atoms with van der Waals surface area (Å²) in [5.74, 6) is 1.19. The van der Waals surface area contributed by atoms with Gasteiger partial charge in [-0.2, -0.15) is 0 Å². The lowest BCUT2D eigenvalue weighted by Gasteiger charge is -2.11. The van der Waals surface area contributed by atoms with Crippen molar-refractivity contribution >= 4 is 12.0 Å². The van der Waals surface area contributed by atoms with E-state index >= 15 is 0 Å². The van der Waals surface area contributed by atoms with Crippen LogP contribution in [-0.4, -0.2) is 24.6 Å². The zero-order valence-electron chi connectivity index (χ0n) is 13.3. The van der Waals surface area contributed by atoms with Gasteiger partial charge in [-0.15, -0.1) is 0 Å². The fourth-order valence-corrected chi connectivity index (χ4v) is 1.99. The van der Waals surface area contributed by atoms with Crippen LogP contribution in [-0.2, 0) is 11.3 Å². The van der Waals surface area contributed by atoms with Gasteiger partial charge in [-0.05, 0) is 42.3 Å². The van der Waals surface area contributed by atoms with E-state index in [1.807, 2.05) is 37.3 Å². The lowest BCUT2D eigenvalue weighted by molar-refractivity contribution is -0.116. The molecule has 0 unspecified atom stereocenters. The van der Waals surface area contributed by atoms with Crippen molar-refractivity contribution in [3.05, 3.63) is 59.9 Å². The number of rotatable bonds is 7. The molecule has 2 rings (SSSR count). The van der Waals surface area contributed by atoms with Gasteiger partial charge >= 0.3 is 0 Å². The smallest absolute Gasteiger partial charge is 0.244 e. The van der Waals surface area contributed by atoms with Gasteiger partial charge in [0.1, 0.15) is 0 Å². The Morgan fingerprint density at radius 2 is 2.17 bits per heavy atom. The van der Waals surface area contributed by atoms with Crippen molar-refractivity contribution in [2.24, 2.45) is 0 Å². The number of nitrogens with zero attached hydrogens (tertiary/aromatic N) is 1. The molecule has 1 N–H and O–H groups in total. The number of hydrogen-bond acceptors (Lipinski definition) is 4. The lowest BCUT2D eigenvalue weighted by atomic mass is 10.2. The summed E-state index contributed by atoms with van der Waals surface area (Å²) in [4.78, 5) is 15.8. The molecule has 0 saturated heterocycles. The number of hydrogen-bond donors (Lipinski definition) is 1. The zero-order valence-corrected chi connectivity index (χ0v) is 13.3. The molecule has 1 aromatic carbocycles. The number of carbonyl (C=O) groups excluding carboxylic acids is 1. The monoisotopic (exact) mass is 312 g/mol. The molecule has 0 radical (unpaired) electrons. The molecule has 0 fully saturated rings. The first-order valence-corrected chi connectivity index (χ1v) is 7.38. The van der Waals surface area contributed by atoms with Crippen molar-refractivity contribution in [2.75, 3.05) is 13.7 Å². The Morgan fingerprint density at radius 3 is 2.87 bits per heavy atom. The second-order valence-electron chi connectivity index (χ2n) is 4.76. The Morgan fingerprint density at radius 1 is 1.30 bits per heavy atom. The van der Waals surface area contributed by atoms with Crippen molar-refractivity contribution in [1.29, 1.82) is 0 Å². The summed E-state index contributed by atoms with van der Waals surface area (Å²) >= 11 is 0. The summed E-state index contributed by atoms with van der Waals surface area (Å²) < 4.78 is 10.8. The number of amides is 1. The van der Waals surface area contributed by atoms with Gasteiger partial charge in [0.15, 0.2) is 11.5 Å². The Balaban J connectivity index is 1.92. The van der Waals surface area contributed by atoms with E-state index in [0.29, 0.717) is 24.7 Å². The Labute approximate surface area is 136 Å². The Bertz CT molecular complexity index is 669. The van der Waals surface area contributed by atoms with Crippen LogP contribution in [0.2, 0.25) is 0 Å². The summed E-state index contributed by atoms with van der Waals surface area (Å²) in [5.41, 5.74) is 1.82. The van der Waals surface area contributed by atoms with E-state index in [-0.39, 0.29) is 5.91 Å². The van der Waals surface area contributed by atoms with Crippen molar-refractivity contribution in [3.8, 4) is 11.5 Å². The number of methoxy groups -OCH3 is 1. The minimum absolute atomic E-state index is 0.165. The van der Waals surface area contributed by atoms with Crippen molar-refractivity contribution in [2.45, 2.75) is 13.5 Å². The molecule has 0 aliphatic carbocycles. The van der Waals surface area contributed by atoms with Gasteiger partial charge in [-0.3, -0.25) is 9.78 Å². The maximum absolute atomic E-state index is 11.8. The van der Waals surface area contributed by atoms with Gasteiger partial charge in [0, 0.05) is 25.0 Å². The van der Waals surface area contributed by atoms with Crippen LogP contribution < -0.4 is 14.8 Å². The minimum Gasteiger partial charge on any atom is -0.493 e. The highest BCUT2D eigenvalue weighted by Gasteiger charge is 2.05. The van der Waals surface area contributed by atoms with E-state index < -0.39 is 0 Å². The third-order valence-corrected chi connectivity index (χ3v) is 3.11. The second kappa shape index (κ2) is 8.58. The molecular formula is C18H20N2O3. The van der Waals surface area contributed by atoms with Crippen LogP contribution in [0.5, 0.6) is 11.5 Å². The standard InChI is InChI=1S/C18H20N2O3/c1-3-23-16-8-6-15(11-17(16)22-2)13-20-18(21)9-7-14-5-4-10-19-12-14/h4-12H,3,13H2,1-2H3,(H,20,21)/b9-7+. The van der Waals surface area contributed by atoms with Gasteiger partial charge in [0.2, 0.25) is 5.91 Å². The van der Waals surface area contributed by atoms with Crippen LogP contribution in [0.4, 0.5) is 0 Å². The summed E-state index contributed by atoms with van der Waals surface area (Å²) in [5, 5.41) is 2.83. The average Bonchev–Trinajstić information content (AvgIpc) is 2.60. The van der Waals surface area contributed by atoms with E-state index in [4.69, 9.17) is 9.47 Å². The average molecular weight is 312 g/mol. The molecule has 23 heavy (non-hydrogen) atoms. The molecule has 1 amide bonds. The normalized spacial score (nSPS) is 10.5. The molecule has 0 bridgehead atoms. The predicted molar refractivity (Wildman–Crippen MR) is 89.3 cm³/mol. The molecule has 0 atom stereocenters. The topological polar surface area (TPSA) is 60.5 Å². The first kappa shape index (κ1) is 16.5. The lowest BCUT2D eigenvalue weighted by Crippen LogP contribution is -2.20. The third-order valence-electron chi connectivity index (χ3n) is 3.11.